The molecule has 1 aliphatic carbocycles. The Hall–Kier alpha value is -1.06. The van der Waals surface area contributed by atoms with Gasteiger partial charge < -0.3 is 5.32 Å². The van der Waals surface area contributed by atoms with E-state index in [9.17, 15) is 13.2 Å². The number of carbonyl (C=O) groups excluding carboxylic acids is 1. The SMILES string of the molecule is CC(C)(C)C(=O)Nc1nnc(S(=O)(=O)NCC2CCCCC2)s1. The van der Waals surface area contributed by atoms with Crippen molar-refractivity contribution in [3.8, 4) is 0 Å². The van der Waals surface area contributed by atoms with Crippen LogP contribution in [-0.2, 0) is 14.8 Å². The van der Waals surface area contributed by atoms with Gasteiger partial charge in [0.1, 0.15) is 0 Å². The lowest BCUT2D eigenvalue weighted by molar-refractivity contribution is -0.123. The molecule has 0 unspecified atom stereocenters. The van der Waals surface area contributed by atoms with Crippen molar-refractivity contribution in [2.24, 2.45) is 11.3 Å². The van der Waals surface area contributed by atoms with Crippen molar-refractivity contribution in [1.29, 1.82) is 0 Å². The zero-order valence-electron chi connectivity index (χ0n) is 13.8. The Kier molecular flexibility index (Phi) is 5.74. The van der Waals surface area contributed by atoms with E-state index in [1.54, 1.807) is 20.8 Å². The van der Waals surface area contributed by atoms with Crippen LogP contribution in [-0.4, -0.2) is 31.1 Å². The summed E-state index contributed by atoms with van der Waals surface area (Å²) in [6.07, 6.45) is 5.68. The van der Waals surface area contributed by atoms with Crippen LogP contribution in [0.3, 0.4) is 0 Å². The Morgan fingerprint density at radius 2 is 1.87 bits per heavy atom. The molecule has 1 saturated carbocycles. The summed E-state index contributed by atoms with van der Waals surface area (Å²) in [7, 11) is -3.67. The van der Waals surface area contributed by atoms with Crippen LogP contribution in [0.15, 0.2) is 4.34 Å². The van der Waals surface area contributed by atoms with Crippen molar-refractivity contribution in [1.82, 2.24) is 14.9 Å². The molecule has 23 heavy (non-hydrogen) atoms. The fourth-order valence-corrected chi connectivity index (χ4v) is 4.39. The average Bonchev–Trinajstić information content (AvgIpc) is 2.95. The van der Waals surface area contributed by atoms with Gasteiger partial charge in [-0.1, -0.05) is 51.4 Å². The number of carbonyl (C=O) groups is 1. The minimum absolute atomic E-state index is 0.113. The van der Waals surface area contributed by atoms with E-state index < -0.39 is 15.4 Å². The number of nitrogens with zero attached hydrogens (tertiary/aromatic N) is 2. The average molecular weight is 361 g/mol. The van der Waals surface area contributed by atoms with Gasteiger partial charge in [0.05, 0.1) is 0 Å². The third-order valence-corrected chi connectivity index (χ3v) is 6.45. The predicted octanol–water partition coefficient (Wildman–Crippen LogP) is 2.38. The van der Waals surface area contributed by atoms with Crippen molar-refractivity contribution < 1.29 is 13.2 Å². The van der Waals surface area contributed by atoms with Crippen molar-refractivity contribution in [2.75, 3.05) is 11.9 Å². The summed E-state index contributed by atoms with van der Waals surface area (Å²) in [5.41, 5.74) is -0.579. The summed E-state index contributed by atoms with van der Waals surface area (Å²) in [4.78, 5) is 11.9. The van der Waals surface area contributed by atoms with Crippen LogP contribution in [0.5, 0.6) is 0 Å². The Balaban J connectivity index is 1.96. The molecule has 0 saturated heterocycles. The van der Waals surface area contributed by atoms with Gasteiger partial charge in [0.2, 0.25) is 15.4 Å². The van der Waals surface area contributed by atoms with E-state index in [2.05, 4.69) is 20.2 Å². The van der Waals surface area contributed by atoms with Gasteiger partial charge in [-0.15, -0.1) is 10.2 Å². The van der Waals surface area contributed by atoms with Crippen LogP contribution in [0, 0.1) is 11.3 Å². The van der Waals surface area contributed by atoms with E-state index in [0.29, 0.717) is 12.5 Å². The topological polar surface area (TPSA) is 101 Å². The van der Waals surface area contributed by atoms with Crippen molar-refractivity contribution in [3.05, 3.63) is 0 Å². The molecule has 1 heterocycles. The van der Waals surface area contributed by atoms with Crippen LogP contribution in [0.25, 0.3) is 0 Å². The molecule has 0 radical (unpaired) electrons. The first-order valence-corrected chi connectivity index (χ1v) is 10.1. The molecule has 1 aromatic heterocycles. The van der Waals surface area contributed by atoms with Crippen LogP contribution < -0.4 is 10.0 Å². The normalized spacial score (nSPS) is 17.2. The molecule has 0 spiro atoms. The highest BCUT2D eigenvalue weighted by Gasteiger charge is 2.25. The molecule has 130 valence electrons. The second-order valence-corrected chi connectivity index (χ2v) is 9.85. The van der Waals surface area contributed by atoms with Gasteiger partial charge in [0, 0.05) is 12.0 Å². The van der Waals surface area contributed by atoms with Crippen LogP contribution in [0.2, 0.25) is 0 Å². The molecule has 1 fully saturated rings. The van der Waals surface area contributed by atoms with Crippen LogP contribution in [0.4, 0.5) is 5.13 Å². The highest BCUT2D eigenvalue weighted by atomic mass is 32.2. The monoisotopic (exact) mass is 360 g/mol. The van der Waals surface area contributed by atoms with Gasteiger partial charge in [-0.05, 0) is 18.8 Å². The number of nitrogens with one attached hydrogen (secondary N) is 2. The van der Waals surface area contributed by atoms with E-state index in [1.807, 2.05) is 0 Å². The first-order chi connectivity index (χ1) is 10.7. The first-order valence-electron chi connectivity index (χ1n) is 7.83. The minimum Gasteiger partial charge on any atom is -0.300 e. The smallest absolute Gasteiger partial charge is 0.269 e. The lowest BCUT2D eigenvalue weighted by Gasteiger charge is -2.21. The minimum atomic E-state index is -3.67. The first kappa shape index (κ1) is 18.3. The fraction of sp³-hybridized carbons (Fsp3) is 0.786. The Labute approximate surface area is 141 Å². The number of anilines is 1. The highest BCUT2D eigenvalue weighted by Crippen LogP contribution is 2.25. The summed E-state index contributed by atoms with van der Waals surface area (Å²) in [5.74, 6) is 0.166. The zero-order chi connectivity index (χ0) is 17.1. The standard InChI is InChI=1S/C14H24N4O3S2/c1-14(2,3)11(19)16-12-17-18-13(22-12)23(20,21)15-9-10-7-5-4-6-8-10/h10,15H,4-9H2,1-3H3,(H,16,17,19). The van der Waals surface area contributed by atoms with E-state index in [1.165, 1.54) is 6.42 Å². The van der Waals surface area contributed by atoms with Gasteiger partial charge in [-0.2, -0.15) is 0 Å². The number of hydrogen-bond acceptors (Lipinski definition) is 6. The van der Waals surface area contributed by atoms with Crippen LogP contribution >= 0.6 is 11.3 Å². The van der Waals surface area contributed by atoms with E-state index in [4.69, 9.17) is 0 Å². The molecule has 1 aliphatic rings. The second-order valence-electron chi connectivity index (χ2n) is 6.93. The molecule has 9 heteroatoms. The van der Waals surface area contributed by atoms with Gasteiger partial charge >= 0.3 is 0 Å². The number of aromatic nitrogens is 2. The Bertz CT molecular complexity index is 643. The maximum absolute atomic E-state index is 12.3. The quantitative estimate of drug-likeness (QED) is 0.785. The molecule has 0 aromatic carbocycles. The molecule has 1 amide bonds. The summed E-state index contributed by atoms with van der Waals surface area (Å²) in [5, 5.41) is 10.2. The molecule has 0 atom stereocenters. The predicted molar refractivity (Wildman–Crippen MR) is 89.8 cm³/mol. The molecule has 0 bridgehead atoms. The van der Waals surface area contributed by atoms with E-state index >= 15 is 0 Å². The Morgan fingerprint density at radius 3 is 2.48 bits per heavy atom. The molecular formula is C14H24N4O3S2. The number of sulfonamides is 1. The lowest BCUT2D eigenvalue weighted by atomic mass is 9.90. The Morgan fingerprint density at radius 1 is 1.22 bits per heavy atom. The van der Waals surface area contributed by atoms with Crippen LogP contribution in [0.1, 0.15) is 52.9 Å². The third kappa shape index (κ3) is 5.22. The third-order valence-electron chi connectivity index (χ3n) is 3.82. The number of amides is 1. The lowest BCUT2D eigenvalue weighted by Crippen LogP contribution is -2.30. The zero-order valence-corrected chi connectivity index (χ0v) is 15.4. The van der Waals surface area contributed by atoms with E-state index in [-0.39, 0.29) is 15.4 Å². The fourth-order valence-electron chi connectivity index (χ4n) is 2.33. The van der Waals surface area contributed by atoms with Gasteiger partial charge in [-0.25, -0.2) is 13.1 Å². The molecule has 7 nitrogen and oxygen atoms in total. The summed E-state index contributed by atoms with van der Waals surface area (Å²) in [6, 6.07) is 0. The summed E-state index contributed by atoms with van der Waals surface area (Å²) < 4.78 is 27.0. The van der Waals surface area contributed by atoms with Gasteiger partial charge in [-0.3, -0.25) is 4.79 Å². The number of hydrogen-bond donors (Lipinski definition) is 2. The molecule has 2 N–H and O–H groups in total. The van der Waals surface area contributed by atoms with Crippen molar-refractivity contribution >= 4 is 32.4 Å². The molecular weight excluding hydrogens is 336 g/mol. The van der Waals surface area contributed by atoms with Crippen molar-refractivity contribution in [2.45, 2.75) is 57.2 Å². The largest absolute Gasteiger partial charge is 0.300 e. The molecule has 1 aromatic rings. The maximum Gasteiger partial charge on any atom is 0.269 e. The molecule has 0 aliphatic heterocycles. The van der Waals surface area contributed by atoms with Crippen molar-refractivity contribution in [3.63, 3.8) is 0 Å². The van der Waals surface area contributed by atoms with Gasteiger partial charge in [0.15, 0.2) is 0 Å². The summed E-state index contributed by atoms with van der Waals surface area (Å²) >= 11 is 0.866. The number of rotatable bonds is 5. The second kappa shape index (κ2) is 7.23. The molecule has 2 rings (SSSR count). The summed E-state index contributed by atoms with van der Waals surface area (Å²) in [6.45, 7) is 5.75. The van der Waals surface area contributed by atoms with E-state index in [0.717, 1.165) is 37.0 Å². The highest BCUT2D eigenvalue weighted by molar-refractivity contribution is 7.91. The maximum atomic E-state index is 12.3. The van der Waals surface area contributed by atoms with Gasteiger partial charge in [0.25, 0.3) is 10.0 Å².